The molecule has 0 fully saturated rings. The Bertz CT molecular complexity index is 418. The molecule has 0 saturated carbocycles. The highest BCUT2D eigenvalue weighted by atomic mass is 16.5. The molecule has 0 aliphatic carbocycles. The number of hydrogen-bond donors (Lipinski definition) is 2. The first-order valence-corrected chi connectivity index (χ1v) is 6.51. The van der Waals surface area contributed by atoms with Crippen molar-refractivity contribution >= 4 is 5.91 Å². The molecule has 1 aromatic rings. The van der Waals surface area contributed by atoms with Crippen LogP contribution in [-0.4, -0.2) is 25.6 Å². The molecule has 98 valence electrons. The van der Waals surface area contributed by atoms with Crippen molar-refractivity contribution in [1.82, 2.24) is 10.6 Å². The van der Waals surface area contributed by atoms with Crippen molar-refractivity contribution in [2.45, 2.75) is 26.3 Å². The van der Waals surface area contributed by atoms with Crippen LogP contribution in [-0.2, 0) is 17.8 Å². The maximum atomic E-state index is 11.5. The fourth-order valence-electron chi connectivity index (χ4n) is 2.03. The van der Waals surface area contributed by atoms with Gasteiger partial charge in [-0.25, -0.2) is 0 Å². The van der Waals surface area contributed by atoms with Crippen LogP contribution in [0.3, 0.4) is 0 Å². The molecular weight excluding hydrogens is 228 g/mol. The van der Waals surface area contributed by atoms with Crippen molar-refractivity contribution in [3.05, 3.63) is 29.3 Å². The number of hydrogen-bond acceptors (Lipinski definition) is 3. The lowest BCUT2D eigenvalue weighted by Crippen LogP contribution is -2.33. The molecule has 0 atom stereocenters. The SMILES string of the molecule is CCNCC(=O)NCc1ccc2c(c1)CCCO2. The van der Waals surface area contributed by atoms with Crippen LogP contribution in [0.4, 0.5) is 0 Å². The molecule has 4 heteroatoms. The molecule has 0 radical (unpaired) electrons. The Morgan fingerprint density at radius 1 is 1.44 bits per heavy atom. The Balaban J connectivity index is 1.88. The Morgan fingerprint density at radius 3 is 3.17 bits per heavy atom. The smallest absolute Gasteiger partial charge is 0.234 e. The predicted octanol–water partition coefficient (Wildman–Crippen LogP) is 1.24. The number of rotatable bonds is 5. The average Bonchev–Trinajstić information content (AvgIpc) is 2.42. The molecule has 2 rings (SSSR count). The minimum atomic E-state index is 0.0332. The molecule has 4 nitrogen and oxygen atoms in total. The van der Waals surface area contributed by atoms with Gasteiger partial charge in [0, 0.05) is 6.54 Å². The van der Waals surface area contributed by atoms with E-state index in [0.29, 0.717) is 13.1 Å². The summed E-state index contributed by atoms with van der Waals surface area (Å²) in [5.74, 6) is 1.02. The molecule has 18 heavy (non-hydrogen) atoms. The summed E-state index contributed by atoms with van der Waals surface area (Å²) < 4.78 is 5.56. The molecule has 0 spiro atoms. The van der Waals surface area contributed by atoms with Crippen molar-refractivity contribution in [2.75, 3.05) is 19.7 Å². The fraction of sp³-hybridized carbons (Fsp3) is 0.500. The van der Waals surface area contributed by atoms with Crippen LogP contribution in [0.1, 0.15) is 24.5 Å². The molecule has 0 unspecified atom stereocenters. The second-order valence-corrected chi connectivity index (χ2v) is 4.45. The van der Waals surface area contributed by atoms with Crippen molar-refractivity contribution in [3.8, 4) is 5.75 Å². The van der Waals surface area contributed by atoms with E-state index in [4.69, 9.17) is 4.74 Å². The molecular formula is C14H20N2O2. The van der Waals surface area contributed by atoms with Crippen LogP contribution in [0.5, 0.6) is 5.75 Å². The minimum Gasteiger partial charge on any atom is -0.493 e. The normalized spacial score (nSPS) is 13.6. The van der Waals surface area contributed by atoms with Gasteiger partial charge in [-0.15, -0.1) is 0 Å². The summed E-state index contributed by atoms with van der Waals surface area (Å²) in [6.45, 7) is 4.56. The number of fused-ring (bicyclic) bond motifs is 1. The van der Waals surface area contributed by atoms with E-state index in [9.17, 15) is 4.79 Å². The number of aryl methyl sites for hydroxylation is 1. The number of ether oxygens (including phenoxy) is 1. The number of nitrogens with one attached hydrogen (secondary N) is 2. The summed E-state index contributed by atoms with van der Waals surface area (Å²) >= 11 is 0. The monoisotopic (exact) mass is 248 g/mol. The summed E-state index contributed by atoms with van der Waals surface area (Å²) in [5, 5.41) is 5.90. The maximum Gasteiger partial charge on any atom is 0.234 e. The zero-order valence-corrected chi connectivity index (χ0v) is 10.8. The van der Waals surface area contributed by atoms with E-state index < -0.39 is 0 Å². The van der Waals surface area contributed by atoms with Gasteiger partial charge in [0.25, 0.3) is 0 Å². The van der Waals surface area contributed by atoms with Crippen molar-refractivity contribution in [2.24, 2.45) is 0 Å². The van der Waals surface area contributed by atoms with Crippen LogP contribution >= 0.6 is 0 Å². The van der Waals surface area contributed by atoms with Crippen molar-refractivity contribution in [1.29, 1.82) is 0 Å². The largest absolute Gasteiger partial charge is 0.493 e. The molecule has 0 bridgehead atoms. The molecule has 1 aliphatic heterocycles. The van der Waals surface area contributed by atoms with E-state index in [1.54, 1.807) is 0 Å². The van der Waals surface area contributed by atoms with Gasteiger partial charge in [-0.1, -0.05) is 19.1 Å². The molecule has 1 aromatic carbocycles. The van der Waals surface area contributed by atoms with E-state index in [0.717, 1.165) is 37.3 Å². The van der Waals surface area contributed by atoms with Crippen LogP contribution in [0.15, 0.2) is 18.2 Å². The fourth-order valence-corrected chi connectivity index (χ4v) is 2.03. The number of likely N-dealkylation sites (N-methyl/N-ethyl adjacent to an activating group) is 1. The first-order valence-electron chi connectivity index (χ1n) is 6.51. The third kappa shape index (κ3) is 3.47. The number of carbonyl (C=O) groups is 1. The number of benzene rings is 1. The summed E-state index contributed by atoms with van der Waals surface area (Å²) in [7, 11) is 0. The zero-order chi connectivity index (χ0) is 12.8. The highest BCUT2D eigenvalue weighted by Gasteiger charge is 2.10. The highest BCUT2D eigenvalue weighted by Crippen LogP contribution is 2.25. The molecule has 0 aromatic heterocycles. The standard InChI is InChI=1S/C14H20N2O2/c1-2-15-10-14(17)16-9-11-5-6-13-12(8-11)4-3-7-18-13/h5-6,8,15H,2-4,7,9-10H2,1H3,(H,16,17). The lowest BCUT2D eigenvalue weighted by Gasteiger charge is -2.18. The zero-order valence-electron chi connectivity index (χ0n) is 10.8. The predicted molar refractivity (Wildman–Crippen MR) is 70.6 cm³/mol. The molecule has 1 amide bonds. The topological polar surface area (TPSA) is 50.4 Å². The van der Waals surface area contributed by atoms with Crippen LogP contribution in [0.2, 0.25) is 0 Å². The van der Waals surface area contributed by atoms with Gasteiger partial charge in [-0.2, -0.15) is 0 Å². The molecule has 1 heterocycles. The van der Waals surface area contributed by atoms with E-state index in [2.05, 4.69) is 16.7 Å². The summed E-state index contributed by atoms with van der Waals surface area (Å²) in [5.41, 5.74) is 2.38. The molecule has 2 N–H and O–H groups in total. The van der Waals surface area contributed by atoms with E-state index in [1.165, 1.54) is 5.56 Å². The van der Waals surface area contributed by atoms with Crippen LogP contribution < -0.4 is 15.4 Å². The molecule has 0 saturated heterocycles. The van der Waals surface area contributed by atoms with E-state index in [1.807, 2.05) is 19.1 Å². The van der Waals surface area contributed by atoms with Crippen LogP contribution in [0.25, 0.3) is 0 Å². The van der Waals surface area contributed by atoms with Crippen molar-refractivity contribution < 1.29 is 9.53 Å². The van der Waals surface area contributed by atoms with Crippen LogP contribution in [0, 0.1) is 0 Å². The first-order chi connectivity index (χ1) is 8.79. The second-order valence-electron chi connectivity index (χ2n) is 4.45. The lowest BCUT2D eigenvalue weighted by atomic mass is 10.0. The van der Waals surface area contributed by atoms with Gasteiger partial charge in [0.05, 0.1) is 13.2 Å². The minimum absolute atomic E-state index is 0.0332. The van der Waals surface area contributed by atoms with Gasteiger partial charge in [-0.05, 0) is 36.6 Å². The van der Waals surface area contributed by atoms with Gasteiger partial charge in [0.1, 0.15) is 5.75 Å². The quantitative estimate of drug-likeness (QED) is 0.824. The van der Waals surface area contributed by atoms with Gasteiger partial charge >= 0.3 is 0 Å². The summed E-state index contributed by atoms with van der Waals surface area (Å²) in [4.78, 5) is 11.5. The summed E-state index contributed by atoms with van der Waals surface area (Å²) in [6, 6.07) is 6.14. The Hall–Kier alpha value is -1.55. The van der Waals surface area contributed by atoms with E-state index in [-0.39, 0.29) is 5.91 Å². The lowest BCUT2D eigenvalue weighted by molar-refractivity contribution is -0.120. The molecule has 1 aliphatic rings. The van der Waals surface area contributed by atoms with Crippen molar-refractivity contribution in [3.63, 3.8) is 0 Å². The number of amides is 1. The Morgan fingerprint density at radius 2 is 2.33 bits per heavy atom. The third-order valence-electron chi connectivity index (χ3n) is 3.00. The Labute approximate surface area is 108 Å². The van der Waals surface area contributed by atoms with E-state index >= 15 is 0 Å². The van der Waals surface area contributed by atoms with Gasteiger partial charge < -0.3 is 15.4 Å². The average molecular weight is 248 g/mol. The second kappa shape index (κ2) is 6.40. The van der Waals surface area contributed by atoms with Gasteiger partial charge in [0.2, 0.25) is 5.91 Å². The van der Waals surface area contributed by atoms with Gasteiger partial charge in [-0.3, -0.25) is 4.79 Å². The summed E-state index contributed by atoms with van der Waals surface area (Å²) in [6.07, 6.45) is 2.14. The van der Waals surface area contributed by atoms with Gasteiger partial charge in [0.15, 0.2) is 0 Å². The highest BCUT2D eigenvalue weighted by molar-refractivity contribution is 5.77. The first kappa shape index (κ1) is 12.9. The maximum absolute atomic E-state index is 11.5. The number of carbonyl (C=O) groups excluding carboxylic acids is 1. The Kier molecular flexibility index (Phi) is 4.59. The third-order valence-corrected chi connectivity index (χ3v) is 3.00.